The van der Waals surface area contributed by atoms with Crippen LogP contribution in [0.2, 0.25) is 5.02 Å². The van der Waals surface area contributed by atoms with Crippen LogP contribution < -0.4 is 14.8 Å². The van der Waals surface area contributed by atoms with Crippen molar-refractivity contribution in [1.82, 2.24) is 9.97 Å². The Morgan fingerprint density at radius 1 is 1.17 bits per heavy atom. The Hall–Kier alpha value is -2.47. The zero-order valence-corrected chi connectivity index (χ0v) is 12.8. The normalized spacial score (nSPS) is 13.3. The van der Waals surface area contributed by atoms with E-state index in [1.807, 2.05) is 12.1 Å². The van der Waals surface area contributed by atoms with Gasteiger partial charge in [0.1, 0.15) is 19.0 Å². The van der Waals surface area contributed by atoms with E-state index in [0.717, 1.165) is 16.6 Å². The second-order valence-electron chi connectivity index (χ2n) is 5.20. The number of H-pyrrole nitrogens is 1. The molecule has 0 radical (unpaired) electrons. The highest BCUT2D eigenvalue weighted by Crippen LogP contribution is 2.34. The van der Waals surface area contributed by atoms with Gasteiger partial charge in [-0.05, 0) is 17.7 Å². The first-order valence-electron chi connectivity index (χ1n) is 7.16. The van der Waals surface area contributed by atoms with E-state index >= 15 is 0 Å². The van der Waals surface area contributed by atoms with E-state index in [-0.39, 0.29) is 5.02 Å². The van der Waals surface area contributed by atoms with E-state index in [4.69, 9.17) is 21.1 Å². The molecule has 0 aliphatic carbocycles. The highest BCUT2D eigenvalue weighted by Gasteiger charge is 2.14. The Morgan fingerprint density at radius 2 is 1.96 bits per heavy atom. The number of rotatable bonds is 3. The zero-order chi connectivity index (χ0) is 15.8. The fourth-order valence-corrected chi connectivity index (χ4v) is 2.67. The molecule has 5 nitrogen and oxygen atoms in total. The Balaban J connectivity index is 1.55. The minimum Gasteiger partial charge on any atom is -0.486 e. The predicted octanol–water partition coefficient (Wildman–Crippen LogP) is 3.74. The molecule has 0 spiro atoms. The highest BCUT2D eigenvalue weighted by atomic mass is 35.5. The van der Waals surface area contributed by atoms with Crippen LogP contribution in [0, 0.1) is 5.82 Å². The SMILES string of the molecule is Fc1ccc(CNc2nc3cc4c(cc3[nH]2)OCCO4)cc1Cl. The number of halogens is 2. The summed E-state index contributed by atoms with van der Waals surface area (Å²) in [7, 11) is 0. The lowest BCUT2D eigenvalue weighted by Gasteiger charge is -2.17. The van der Waals surface area contributed by atoms with Crippen molar-refractivity contribution in [2.45, 2.75) is 6.54 Å². The van der Waals surface area contributed by atoms with Crippen molar-refractivity contribution in [2.24, 2.45) is 0 Å². The molecule has 0 unspecified atom stereocenters. The van der Waals surface area contributed by atoms with Gasteiger partial charge in [-0.1, -0.05) is 17.7 Å². The monoisotopic (exact) mass is 333 g/mol. The molecule has 0 saturated heterocycles. The molecule has 0 amide bonds. The summed E-state index contributed by atoms with van der Waals surface area (Å²) in [6.07, 6.45) is 0. The maximum atomic E-state index is 13.2. The number of nitrogens with one attached hydrogen (secondary N) is 2. The molecular weight excluding hydrogens is 321 g/mol. The molecule has 0 fully saturated rings. The van der Waals surface area contributed by atoms with Gasteiger partial charge in [-0.15, -0.1) is 0 Å². The maximum absolute atomic E-state index is 13.2. The van der Waals surface area contributed by atoms with Crippen molar-refractivity contribution in [3.63, 3.8) is 0 Å². The molecule has 1 aromatic heterocycles. The van der Waals surface area contributed by atoms with Crippen molar-refractivity contribution in [3.05, 3.63) is 46.7 Å². The molecule has 2 aromatic carbocycles. The number of aromatic nitrogens is 2. The molecule has 2 heterocycles. The number of anilines is 1. The minimum absolute atomic E-state index is 0.107. The summed E-state index contributed by atoms with van der Waals surface area (Å²) in [5, 5.41) is 3.27. The number of aromatic amines is 1. The van der Waals surface area contributed by atoms with Crippen LogP contribution in [-0.2, 0) is 6.54 Å². The van der Waals surface area contributed by atoms with Crippen LogP contribution >= 0.6 is 11.6 Å². The van der Waals surface area contributed by atoms with Gasteiger partial charge in [0.2, 0.25) is 5.95 Å². The summed E-state index contributed by atoms with van der Waals surface area (Å²) >= 11 is 5.78. The molecule has 1 aliphatic heterocycles. The van der Waals surface area contributed by atoms with Crippen molar-refractivity contribution in [1.29, 1.82) is 0 Å². The quantitative estimate of drug-likeness (QED) is 0.766. The van der Waals surface area contributed by atoms with Crippen LogP contribution in [0.4, 0.5) is 10.3 Å². The third kappa shape index (κ3) is 2.77. The smallest absolute Gasteiger partial charge is 0.201 e. The van der Waals surface area contributed by atoms with Crippen LogP contribution in [-0.4, -0.2) is 23.2 Å². The number of benzene rings is 2. The molecular formula is C16H13ClFN3O2. The largest absolute Gasteiger partial charge is 0.486 e. The van der Waals surface area contributed by atoms with Gasteiger partial charge in [0, 0.05) is 18.7 Å². The van der Waals surface area contributed by atoms with Gasteiger partial charge >= 0.3 is 0 Å². The summed E-state index contributed by atoms with van der Waals surface area (Å²) in [6, 6.07) is 8.34. The summed E-state index contributed by atoms with van der Waals surface area (Å²) in [4.78, 5) is 7.64. The van der Waals surface area contributed by atoms with Crippen LogP contribution in [0.25, 0.3) is 11.0 Å². The van der Waals surface area contributed by atoms with Crippen molar-refractivity contribution in [2.75, 3.05) is 18.5 Å². The summed E-state index contributed by atoms with van der Waals surface area (Å²) < 4.78 is 24.3. The molecule has 23 heavy (non-hydrogen) atoms. The number of nitrogens with zero attached hydrogens (tertiary/aromatic N) is 1. The Labute approximate surface area is 136 Å². The van der Waals surface area contributed by atoms with E-state index in [9.17, 15) is 4.39 Å². The second kappa shape index (κ2) is 5.62. The molecule has 118 valence electrons. The van der Waals surface area contributed by atoms with Crippen LogP contribution in [0.3, 0.4) is 0 Å². The van der Waals surface area contributed by atoms with E-state index in [2.05, 4.69) is 15.3 Å². The van der Waals surface area contributed by atoms with Crippen molar-refractivity contribution in [3.8, 4) is 11.5 Å². The first-order chi connectivity index (χ1) is 11.2. The third-order valence-corrected chi connectivity index (χ3v) is 3.88. The van der Waals surface area contributed by atoms with Gasteiger partial charge in [-0.3, -0.25) is 0 Å². The van der Waals surface area contributed by atoms with Crippen LogP contribution in [0.1, 0.15) is 5.56 Å². The Morgan fingerprint density at radius 3 is 2.74 bits per heavy atom. The number of hydrogen-bond acceptors (Lipinski definition) is 4. The topological polar surface area (TPSA) is 59.2 Å². The average Bonchev–Trinajstić information content (AvgIpc) is 2.95. The summed E-state index contributed by atoms with van der Waals surface area (Å²) in [5.41, 5.74) is 2.51. The van der Waals surface area contributed by atoms with E-state index < -0.39 is 5.82 Å². The number of fused-ring (bicyclic) bond motifs is 2. The second-order valence-corrected chi connectivity index (χ2v) is 5.61. The first-order valence-corrected chi connectivity index (χ1v) is 7.54. The molecule has 3 aromatic rings. The van der Waals surface area contributed by atoms with E-state index in [0.29, 0.717) is 37.2 Å². The zero-order valence-electron chi connectivity index (χ0n) is 12.0. The number of imidazole rings is 1. The first kappa shape index (κ1) is 14.1. The highest BCUT2D eigenvalue weighted by molar-refractivity contribution is 6.30. The maximum Gasteiger partial charge on any atom is 0.201 e. The van der Waals surface area contributed by atoms with Gasteiger partial charge in [0.25, 0.3) is 0 Å². The van der Waals surface area contributed by atoms with Gasteiger partial charge in [0.05, 0.1) is 16.1 Å². The van der Waals surface area contributed by atoms with Gasteiger partial charge < -0.3 is 19.8 Å². The molecule has 2 N–H and O–H groups in total. The molecule has 0 saturated carbocycles. The lowest BCUT2D eigenvalue weighted by molar-refractivity contribution is 0.172. The third-order valence-electron chi connectivity index (χ3n) is 3.59. The summed E-state index contributed by atoms with van der Waals surface area (Å²) in [6.45, 7) is 1.56. The van der Waals surface area contributed by atoms with Crippen molar-refractivity contribution < 1.29 is 13.9 Å². The molecule has 1 aliphatic rings. The van der Waals surface area contributed by atoms with Crippen molar-refractivity contribution >= 4 is 28.6 Å². The van der Waals surface area contributed by atoms with E-state index in [1.54, 1.807) is 12.1 Å². The van der Waals surface area contributed by atoms with Crippen LogP contribution in [0.15, 0.2) is 30.3 Å². The predicted molar refractivity (Wildman–Crippen MR) is 85.8 cm³/mol. The number of hydrogen-bond donors (Lipinski definition) is 2. The van der Waals surface area contributed by atoms with Gasteiger partial charge in [-0.25, -0.2) is 9.37 Å². The molecule has 4 rings (SSSR count). The lowest BCUT2D eigenvalue weighted by Crippen LogP contribution is -2.15. The summed E-state index contributed by atoms with van der Waals surface area (Å²) in [5.74, 6) is 1.60. The van der Waals surface area contributed by atoms with Gasteiger partial charge in [0.15, 0.2) is 11.5 Å². The minimum atomic E-state index is -0.426. The fourth-order valence-electron chi connectivity index (χ4n) is 2.47. The van der Waals surface area contributed by atoms with E-state index in [1.165, 1.54) is 6.07 Å². The Kier molecular flexibility index (Phi) is 3.46. The van der Waals surface area contributed by atoms with Crippen LogP contribution in [0.5, 0.6) is 11.5 Å². The van der Waals surface area contributed by atoms with Gasteiger partial charge in [-0.2, -0.15) is 0 Å². The molecule has 0 bridgehead atoms. The Bertz CT molecular complexity index is 838. The molecule has 0 atom stereocenters. The fraction of sp³-hybridized carbons (Fsp3) is 0.188. The lowest BCUT2D eigenvalue weighted by atomic mass is 10.2. The average molecular weight is 334 g/mol. The number of ether oxygens (including phenoxy) is 2. The molecule has 7 heteroatoms. The standard InChI is InChI=1S/C16H13ClFN3O2/c17-10-5-9(1-2-11(10)18)8-19-16-20-12-6-14-15(7-13(12)21-16)23-4-3-22-14/h1-2,5-7H,3-4,8H2,(H2,19,20,21).